The Hall–Kier alpha value is -3.91. The lowest BCUT2D eigenvalue weighted by Crippen LogP contribution is -2.20. The van der Waals surface area contributed by atoms with E-state index in [1.54, 1.807) is 12.3 Å². The monoisotopic (exact) mass is 411 g/mol. The summed E-state index contributed by atoms with van der Waals surface area (Å²) in [6.45, 7) is 1.82. The number of hydrogen-bond donors (Lipinski definition) is 3. The minimum Gasteiger partial charge on any atom is -0.321 e. The highest BCUT2D eigenvalue weighted by Gasteiger charge is 2.17. The van der Waals surface area contributed by atoms with E-state index in [4.69, 9.17) is 4.98 Å². The Morgan fingerprint density at radius 1 is 1.00 bits per heavy atom. The molecule has 0 fully saturated rings. The molecule has 5 heterocycles. The van der Waals surface area contributed by atoms with Crippen LogP contribution in [0.3, 0.4) is 0 Å². The lowest BCUT2D eigenvalue weighted by atomic mass is 10.0. The van der Waals surface area contributed by atoms with Crippen LogP contribution in [0.25, 0.3) is 50.4 Å². The van der Waals surface area contributed by atoms with Gasteiger partial charge in [-0.1, -0.05) is 18.2 Å². The van der Waals surface area contributed by atoms with Gasteiger partial charge in [0.25, 0.3) is 0 Å². The van der Waals surface area contributed by atoms with Gasteiger partial charge in [0.2, 0.25) is 0 Å². The maximum atomic E-state index is 13.8. The van der Waals surface area contributed by atoms with Gasteiger partial charge in [-0.25, -0.2) is 19.3 Å². The maximum Gasteiger partial charge on any atom is 0.161 e. The van der Waals surface area contributed by atoms with E-state index >= 15 is 0 Å². The fourth-order valence-electron chi connectivity index (χ4n) is 4.06. The highest BCUT2D eigenvalue weighted by atomic mass is 19.1. The average molecular weight is 411 g/mol. The molecule has 1 aromatic carbocycles. The normalized spacial score (nSPS) is 14.3. The van der Waals surface area contributed by atoms with E-state index in [0.29, 0.717) is 28.3 Å². The van der Waals surface area contributed by atoms with Gasteiger partial charge in [-0.3, -0.25) is 5.10 Å². The number of fused-ring (bicyclic) bond motifs is 2. The van der Waals surface area contributed by atoms with Crippen molar-refractivity contribution in [3.8, 4) is 22.6 Å². The zero-order chi connectivity index (χ0) is 20.8. The molecule has 3 N–H and O–H groups in total. The maximum absolute atomic E-state index is 13.8. The van der Waals surface area contributed by atoms with E-state index in [0.717, 1.165) is 41.6 Å². The molecule has 31 heavy (non-hydrogen) atoms. The van der Waals surface area contributed by atoms with E-state index in [1.807, 2.05) is 18.3 Å². The highest BCUT2D eigenvalue weighted by Crippen LogP contribution is 2.31. The lowest BCUT2D eigenvalue weighted by molar-refractivity contribution is 0.628. The molecular formula is C23H18FN7. The van der Waals surface area contributed by atoms with Crippen LogP contribution in [0.15, 0.2) is 54.9 Å². The van der Waals surface area contributed by atoms with Crippen LogP contribution in [0, 0.1) is 5.82 Å². The first kappa shape index (κ1) is 17.9. The number of benzene rings is 1. The summed E-state index contributed by atoms with van der Waals surface area (Å²) in [6.07, 6.45) is 6.73. The molecule has 0 spiro atoms. The van der Waals surface area contributed by atoms with E-state index in [1.165, 1.54) is 17.7 Å². The van der Waals surface area contributed by atoms with Crippen molar-refractivity contribution in [3.05, 3.63) is 66.2 Å². The third-order valence-electron chi connectivity index (χ3n) is 5.60. The van der Waals surface area contributed by atoms with Crippen LogP contribution >= 0.6 is 0 Å². The number of halogens is 1. The van der Waals surface area contributed by atoms with Crippen molar-refractivity contribution in [1.82, 2.24) is 35.5 Å². The van der Waals surface area contributed by atoms with E-state index in [9.17, 15) is 4.39 Å². The molecule has 0 unspecified atom stereocenters. The predicted octanol–water partition coefficient (Wildman–Crippen LogP) is 4.08. The number of nitrogens with zero attached hydrogens (tertiary/aromatic N) is 4. The quantitative estimate of drug-likeness (QED) is 0.416. The first-order valence-electron chi connectivity index (χ1n) is 10.1. The van der Waals surface area contributed by atoms with Crippen LogP contribution in [0.4, 0.5) is 4.39 Å². The van der Waals surface area contributed by atoms with E-state index in [2.05, 4.69) is 42.6 Å². The number of aromatic nitrogens is 6. The van der Waals surface area contributed by atoms with Crippen molar-refractivity contribution in [2.45, 2.75) is 6.42 Å². The Balaban J connectivity index is 1.49. The standard InChI is InChI=1S/C23H18FN7/c24-16-3-1-2-14(10-16)17-6-9-26-22-19(17)28-23(29-22)20-18-11-15(12-27-21(18)31-30-20)13-4-7-25-8-5-13/h1-4,6,9-12,25H,5,7-8H2,(H,26,28,29)(H,27,30,31). The van der Waals surface area contributed by atoms with Gasteiger partial charge in [0.15, 0.2) is 17.1 Å². The minimum atomic E-state index is -0.290. The summed E-state index contributed by atoms with van der Waals surface area (Å²) in [5.41, 5.74) is 6.60. The fourth-order valence-corrected chi connectivity index (χ4v) is 4.06. The molecule has 6 rings (SSSR count). The van der Waals surface area contributed by atoms with Crippen LogP contribution in [0.5, 0.6) is 0 Å². The van der Waals surface area contributed by atoms with Crippen molar-refractivity contribution >= 4 is 27.8 Å². The minimum absolute atomic E-state index is 0.290. The van der Waals surface area contributed by atoms with E-state index < -0.39 is 0 Å². The molecule has 5 aromatic rings. The SMILES string of the molecule is Fc1cccc(-c2ccnc3[nH]c(-c4n[nH]c5ncc(C6=CCNCC6)cc45)nc23)c1. The number of hydrogen-bond acceptors (Lipinski definition) is 5. The van der Waals surface area contributed by atoms with E-state index in [-0.39, 0.29) is 5.82 Å². The zero-order valence-corrected chi connectivity index (χ0v) is 16.5. The van der Waals surface area contributed by atoms with Gasteiger partial charge in [-0.15, -0.1) is 0 Å². The first-order chi connectivity index (χ1) is 15.3. The Bertz CT molecular complexity index is 1460. The average Bonchev–Trinajstić information content (AvgIpc) is 3.43. The second-order valence-corrected chi connectivity index (χ2v) is 7.53. The molecule has 0 saturated carbocycles. The third-order valence-corrected chi connectivity index (χ3v) is 5.60. The van der Waals surface area contributed by atoms with Gasteiger partial charge in [0.1, 0.15) is 17.0 Å². The molecule has 0 bridgehead atoms. The largest absolute Gasteiger partial charge is 0.321 e. The molecule has 0 saturated heterocycles. The highest BCUT2D eigenvalue weighted by molar-refractivity contribution is 5.95. The molecule has 0 aliphatic carbocycles. The number of aromatic amines is 2. The predicted molar refractivity (Wildman–Crippen MR) is 118 cm³/mol. The number of nitrogens with one attached hydrogen (secondary N) is 3. The number of H-pyrrole nitrogens is 2. The molecule has 4 aromatic heterocycles. The summed E-state index contributed by atoms with van der Waals surface area (Å²) in [7, 11) is 0. The summed E-state index contributed by atoms with van der Waals surface area (Å²) < 4.78 is 13.8. The van der Waals surface area contributed by atoms with Gasteiger partial charge in [0.05, 0.1) is 5.39 Å². The van der Waals surface area contributed by atoms with Crippen LogP contribution in [0.2, 0.25) is 0 Å². The molecule has 0 radical (unpaired) electrons. The summed E-state index contributed by atoms with van der Waals surface area (Å²) in [5.74, 6) is 0.304. The van der Waals surface area contributed by atoms with Crippen molar-refractivity contribution in [1.29, 1.82) is 0 Å². The third kappa shape index (κ3) is 3.08. The lowest BCUT2D eigenvalue weighted by Gasteiger charge is -2.13. The van der Waals surface area contributed by atoms with Gasteiger partial charge < -0.3 is 10.3 Å². The van der Waals surface area contributed by atoms with Gasteiger partial charge in [-0.05, 0) is 53.9 Å². The Labute approximate surface area is 176 Å². The van der Waals surface area contributed by atoms with Crippen LogP contribution in [0.1, 0.15) is 12.0 Å². The molecule has 7 nitrogen and oxygen atoms in total. The van der Waals surface area contributed by atoms with Crippen molar-refractivity contribution in [2.75, 3.05) is 13.1 Å². The molecule has 1 aliphatic heterocycles. The summed E-state index contributed by atoms with van der Waals surface area (Å²) in [6, 6.07) is 10.4. The molecule has 0 atom stereocenters. The second-order valence-electron chi connectivity index (χ2n) is 7.53. The van der Waals surface area contributed by atoms with Crippen LogP contribution in [-0.4, -0.2) is 43.2 Å². The molecule has 0 amide bonds. The Kier molecular flexibility index (Phi) is 4.10. The smallest absolute Gasteiger partial charge is 0.161 e. The fraction of sp³-hybridized carbons (Fsp3) is 0.130. The second kappa shape index (κ2) is 7.10. The molecule has 1 aliphatic rings. The first-order valence-corrected chi connectivity index (χ1v) is 10.1. The molecule has 8 heteroatoms. The zero-order valence-electron chi connectivity index (χ0n) is 16.5. The van der Waals surface area contributed by atoms with Crippen molar-refractivity contribution in [3.63, 3.8) is 0 Å². The number of pyridine rings is 2. The van der Waals surface area contributed by atoms with Gasteiger partial charge >= 0.3 is 0 Å². The number of imidazole rings is 1. The van der Waals surface area contributed by atoms with Crippen molar-refractivity contribution in [2.24, 2.45) is 0 Å². The van der Waals surface area contributed by atoms with Crippen molar-refractivity contribution < 1.29 is 4.39 Å². The topological polar surface area (TPSA) is 95.2 Å². The van der Waals surface area contributed by atoms with Crippen LogP contribution in [-0.2, 0) is 0 Å². The van der Waals surface area contributed by atoms with Gasteiger partial charge in [-0.2, -0.15) is 5.10 Å². The number of rotatable bonds is 3. The Morgan fingerprint density at radius 2 is 1.97 bits per heavy atom. The van der Waals surface area contributed by atoms with Gasteiger partial charge in [0, 0.05) is 24.5 Å². The van der Waals surface area contributed by atoms with Crippen LogP contribution < -0.4 is 5.32 Å². The molecule has 152 valence electrons. The Morgan fingerprint density at radius 3 is 2.84 bits per heavy atom. The molecular weight excluding hydrogens is 393 g/mol. The summed E-state index contributed by atoms with van der Waals surface area (Å²) >= 11 is 0. The summed E-state index contributed by atoms with van der Waals surface area (Å²) in [4.78, 5) is 17.0. The summed E-state index contributed by atoms with van der Waals surface area (Å²) in [5, 5.41) is 11.7.